The summed E-state index contributed by atoms with van der Waals surface area (Å²) in [5.74, 6) is 0.293. The van der Waals surface area contributed by atoms with Gasteiger partial charge < -0.3 is 11.1 Å². The van der Waals surface area contributed by atoms with Crippen molar-refractivity contribution in [1.29, 1.82) is 0 Å². The summed E-state index contributed by atoms with van der Waals surface area (Å²) in [6.07, 6.45) is 1.02. The van der Waals surface area contributed by atoms with E-state index in [1.165, 1.54) is 6.07 Å². The van der Waals surface area contributed by atoms with E-state index in [9.17, 15) is 9.18 Å². The number of aryl methyl sites for hydroxylation is 1. The summed E-state index contributed by atoms with van der Waals surface area (Å²) < 4.78 is 13.2. The summed E-state index contributed by atoms with van der Waals surface area (Å²) in [5.41, 5.74) is 7.48. The highest BCUT2D eigenvalue weighted by Gasteiger charge is 2.23. The number of hydrogen-bond acceptors (Lipinski definition) is 3. The molecule has 0 spiro atoms. The van der Waals surface area contributed by atoms with Crippen molar-refractivity contribution in [1.82, 2.24) is 10.2 Å². The molecule has 116 valence electrons. The van der Waals surface area contributed by atoms with Crippen LogP contribution in [0.3, 0.4) is 0 Å². The minimum absolute atomic E-state index is 0.0155. The standard InChI is InChI=1S/C16H24FN3O/c1-11-5-14(18)9-20(8-11)10-16(21)19-7-13-3-4-15(17)12(2)6-13/h3-4,6,11,14H,5,7-10,18H2,1-2H3,(H,19,21). The number of nitrogens with two attached hydrogens (primary N) is 1. The lowest BCUT2D eigenvalue weighted by atomic mass is 9.97. The highest BCUT2D eigenvalue weighted by Crippen LogP contribution is 2.14. The van der Waals surface area contributed by atoms with E-state index in [2.05, 4.69) is 17.1 Å². The molecule has 3 N–H and O–H groups in total. The normalized spacial score (nSPS) is 23.0. The number of rotatable bonds is 4. The Hall–Kier alpha value is -1.46. The van der Waals surface area contributed by atoms with Crippen molar-refractivity contribution in [3.05, 3.63) is 35.1 Å². The van der Waals surface area contributed by atoms with Gasteiger partial charge in [-0.15, -0.1) is 0 Å². The second-order valence-corrected chi connectivity index (χ2v) is 6.16. The second kappa shape index (κ2) is 7.00. The maximum atomic E-state index is 13.2. The van der Waals surface area contributed by atoms with Crippen LogP contribution >= 0.6 is 0 Å². The minimum Gasteiger partial charge on any atom is -0.351 e. The molecule has 1 aromatic rings. The van der Waals surface area contributed by atoms with Gasteiger partial charge in [-0.25, -0.2) is 4.39 Å². The Morgan fingerprint density at radius 2 is 2.24 bits per heavy atom. The molecule has 2 unspecified atom stereocenters. The van der Waals surface area contributed by atoms with Gasteiger partial charge in [-0.1, -0.05) is 19.1 Å². The highest BCUT2D eigenvalue weighted by atomic mass is 19.1. The van der Waals surface area contributed by atoms with Crippen molar-refractivity contribution in [2.45, 2.75) is 32.9 Å². The minimum atomic E-state index is -0.221. The number of hydrogen-bond donors (Lipinski definition) is 2. The average molecular weight is 293 g/mol. The predicted octanol–water partition coefficient (Wildman–Crippen LogP) is 1.42. The summed E-state index contributed by atoms with van der Waals surface area (Å²) >= 11 is 0. The Balaban J connectivity index is 1.80. The fourth-order valence-corrected chi connectivity index (χ4v) is 2.92. The molecule has 1 aliphatic heterocycles. The second-order valence-electron chi connectivity index (χ2n) is 6.16. The van der Waals surface area contributed by atoms with Crippen LogP contribution in [0.1, 0.15) is 24.5 Å². The van der Waals surface area contributed by atoms with Gasteiger partial charge in [0.15, 0.2) is 0 Å². The molecule has 1 aliphatic rings. The summed E-state index contributed by atoms with van der Waals surface area (Å²) in [4.78, 5) is 14.1. The van der Waals surface area contributed by atoms with Gasteiger partial charge >= 0.3 is 0 Å². The van der Waals surface area contributed by atoms with Gasteiger partial charge in [0.1, 0.15) is 5.82 Å². The molecular formula is C16H24FN3O. The van der Waals surface area contributed by atoms with Gasteiger partial charge in [0.2, 0.25) is 5.91 Å². The number of carbonyl (C=O) groups excluding carboxylic acids is 1. The van der Waals surface area contributed by atoms with E-state index in [0.717, 1.165) is 25.1 Å². The Morgan fingerprint density at radius 1 is 1.48 bits per heavy atom. The topological polar surface area (TPSA) is 58.4 Å². The third-order valence-electron chi connectivity index (χ3n) is 3.85. The maximum Gasteiger partial charge on any atom is 0.234 e. The molecule has 1 heterocycles. The lowest BCUT2D eigenvalue weighted by molar-refractivity contribution is -0.122. The number of benzene rings is 1. The number of piperidine rings is 1. The molecule has 2 atom stereocenters. The van der Waals surface area contributed by atoms with E-state index >= 15 is 0 Å². The van der Waals surface area contributed by atoms with Gasteiger partial charge in [-0.3, -0.25) is 9.69 Å². The van der Waals surface area contributed by atoms with Crippen LogP contribution < -0.4 is 11.1 Å². The molecule has 0 saturated carbocycles. The van der Waals surface area contributed by atoms with Gasteiger partial charge in [0.25, 0.3) is 0 Å². The average Bonchev–Trinajstić information content (AvgIpc) is 2.39. The Labute approximate surface area is 125 Å². The number of nitrogens with zero attached hydrogens (tertiary/aromatic N) is 1. The Bertz CT molecular complexity index is 496. The molecule has 0 radical (unpaired) electrons. The van der Waals surface area contributed by atoms with Crippen LogP contribution in [0.2, 0.25) is 0 Å². The quantitative estimate of drug-likeness (QED) is 0.882. The number of halogens is 1. The summed E-state index contributed by atoms with van der Waals surface area (Å²) in [6.45, 7) is 6.36. The van der Waals surface area contributed by atoms with E-state index in [4.69, 9.17) is 5.73 Å². The van der Waals surface area contributed by atoms with Crippen LogP contribution in [-0.4, -0.2) is 36.5 Å². The molecule has 1 amide bonds. The number of nitrogens with one attached hydrogen (secondary N) is 1. The third-order valence-corrected chi connectivity index (χ3v) is 3.85. The third kappa shape index (κ3) is 4.79. The first-order chi connectivity index (χ1) is 9.94. The lowest BCUT2D eigenvalue weighted by Gasteiger charge is -2.34. The molecule has 21 heavy (non-hydrogen) atoms. The molecule has 0 aliphatic carbocycles. The van der Waals surface area contributed by atoms with Crippen molar-refractivity contribution in [3.63, 3.8) is 0 Å². The molecule has 1 saturated heterocycles. The van der Waals surface area contributed by atoms with Crippen LogP contribution in [0.4, 0.5) is 4.39 Å². The number of amides is 1. The zero-order valence-electron chi connectivity index (χ0n) is 12.7. The Kier molecular flexibility index (Phi) is 5.31. The molecular weight excluding hydrogens is 269 g/mol. The first-order valence-electron chi connectivity index (χ1n) is 7.43. The van der Waals surface area contributed by atoms with E-state index in [1.807, 2.05) is 0 Å². The fourth-order valence-electron chi connectivity index (χ4n) is 2.92. The van der Waals surface area contributed by atoms with E-state index in [-0.39, 0.29) is 17.8 Å². The molecule has 1 aromatic carbocycles. The van der Waals surface area contributed by atoms with Crippen molar-refractivity contribution >= 4 is 5.91 Å². The van der Waals surface area contributed by atoms with Crippen molar-refractivity contribution in [2.75, 3.05) is 19.6 Å². The number of carbonyl (C=O) groups is 1. The maximum absolute atomic E-state index is 13.2. The highest BCUT2D eigenvalue weighted by molar-refractivity contribution is 5.78. The number of likely N-dealkylation sites (tertiary alicyclic amines) is 1. The summed E-state index contributed by atoms with van der Waals surface area (Å²) in [6, 6.07) is 5.04. The lowest BCUT2D eigenvalue weighted by Crippen LogP contribution is -2.49. The van der Waals surface area contributed by atoms with Crippen molar-refractivity contribution < 1.29 is 9.18 Å². The summed E-state index contributed by atoms with van der Waals surface area (Å²) in [7, 11) is 0. The van der Waals surface area contributed by atoms with Gasteiger partial charge in [-0.2, -0.15) is 0 Å². The van der Waals surface area contributed by atoms with Crippen LogP contribution in [-0.2, 0) is 11.3 Å². The fraction of sp³-hybridized carbons (Fsp3) is 0.562. The van der Waals surface area contributed by atoms with Crippen LogP contribution in [0, 0.1) is 18.7 Å². The monoisotopic (exact) mass is 293 g/mol. The molecule has 1 fully saturated rings. The largest absolute Gasteiger partial charge is 0.351 e. The van der Waals surface area contributed by atoms with Crippen molar-refractivity contribution in [3.8, 4) is 0 Å². The van der Waals surface area contributed by atoms with Gasteiger partial charge in [0.05, 0.1) is 6.54 Å². The first kappa shape index (κ1) is 15.9. The predicted molar refractivity (Wildman–Crippen MR) is 81.2 cm³/mol. The first-order valence-corrected chi connectivity index (χ1v) is 7.43. The van der Waals surface area contributed by atoms with Crippen LogP contribution in [0.25, 0.3) is 0 Å². The van der Waals surface area contributed by atoms with Gasteiger partial charge in [0, 0.05) is 25.7 Å². The van der Waals surface area contributed by atoms with Gasteiger partial charge in [-0.05, 0) is 36.5 Å². The van der Waals surface area contributed by atoms with Crippen molar-refractivity contribution in [2.24, 2.45) is 11.7 Å². The van der Waals surface area contributed by atoms with Crippen LogP contribution in [0.15, 0.2) is 18.2 Å². The van der Waals surface area contributed by atoms with E-state index in [1.54, 1.807) is 19.1 Å². The SMILES string of the molecule is Cc1cc(CNC(=O)CN2CC(C)CC(N)C2)ccc1F. The van der Waals surface area contributed by atoms with E-state index < -0.39 is 0 Å². The molecule has 2 rings (SSSR count). The smallest absolute Gasteiger partial charge is 0.234 e. The molecule has 0 aromatic heterocycles. The zero-order chi connectivity index (χ0) is 15.4. The van der Waals surface area contributed by atoms with E-state index in [0.29, 0.717) is 24.6 Å². The van der Waals surface area contributed by atoms with Crippen LogP contribution in [0.5, 0.6) is 0 Å². The Morgan fingerprint density at radius 3 is 2.90 bits per heavy atom. The molecule has 4 nitrogen and oxygen atoms in total. The summed E-state index contributed by atoms with van der Waals surface area (Å²) in [5, 5.41) is 2.88. The zero-order valence-corrected chi connectivity index (χ0v) is 12.7. The molecule has 5 heteroatoms. The molecule has 0 bridgehead atoms.